The SMILES string of the molecule is CCCCCOc1ccc(C2/C(=C(\O)c3ccc(OCCC)cc3)C(=O)C(=O)N2CCN2CCOCC2)cc1. The summed E-state index contributed by atoms with van der Waals surface area (Å²) in [5.41, 5.74) is 1.31. The fourth-order valence-electron chi connectivity index (χ4n) is 4.90. The van der Waals surface area contributed by atoms with Gasteiger partial charge in [-0.2, -0.15) is 0 Å². The molecule has 4 rings (SSSR count). The molecule has 0 aromatic heterocycles. The van der Waals surface area contributed by atoms with Crippen molar-refractivity contribution in [2.75, 3.05) is 52.6 Å². The van der Waals surface area contributed by atoms with E-state index in [2.05, 4.69) is 11.8 Å². The molecule has 0 radical (unpaired) electrons. The molecule has 2 aromatic rings. The predicted molar refractivity (Wildman–Crippen MR) is 150 cm³/mol. The Morgan fingerprint density at radius 2 is 1.51 bits per heavy atom. The Morgan fingerprint density at radius 1 is 0.872 bits per heavy atom. The number of hydrogen-bond donors (Lipinski definition) is 1. The number of amides is 1. The second-order valence-corrected chi connectivity index (χ2v) is 9.94. The molecule has 8 nitrogen and oxygen atoms in total. The first kappa shape index (κ1) is 28.6. The smallest absolute Gasteiger partial charge is 0.295 e. The van der Waals surface area contributed by atoms with Gasteiger partial charge in [-0.3, -0.25) is 14.5 Å². The van der Waals surface area contributed by atoms with Gasteiger partial charge in [0.05, 0.1) is 38.0 Å². The van der Waals surface area contributed by atoms with Crippen molar-refractivity contribution in [3.63, 3.8) is 0 Å². The maximum absolute atomic E-state index is 13.4. The van der Waals surface area contributed by atoms with Crippen molar-refractivity contribution < 1.29 is 28.9 Å². The van der Waals surface area contributed by atoms with Gasteiger partial charge in [0.2, 0.25) is 0 Å². The number of nitrogens with zero attached hydrogens (tertiary/aromatic N) is 2. The van der Waals surface area contributed by atoms with E-state index in [1.807, 2.05) is 31.2 Å². The van der Waals surface area contributed by atoms with Gasteiger partial charge in [-0.25, -0.2) is 0 Å². The van der Waals surface area contributed by atoms with Gasteiger partial charge in [0, 0.05) is 31.7 Å². The second kappa shape index (κ2) is 14.1. The predicted octanol–water partition coefficient (Wildman–Crippen LogP) is 4.80. The van der Waals surface area contributed by atoms with Crippen LogP contribution in [0.5, 0.6) is 11.5 Å². The van der Waals surface area contributed by atoms with Crippen LogP contribution >= 0.6 is 0 Å². The van der Waals surface area contributed by atoms with Crippen LogP contribution in [0.3, 0.4) is 0 Å². The van der Waals surface area contributed by atoms with Crippen molar-refractivity contribution in [2.45, 2.75) is 45.6 Å². The summed E-state index contributed by atoms with van der Waals surface area (Å²) in [6, 6.07) is 13.7. The molecule has 0 spiro atoms. The molecule has 0 saturated carbocycles. The first-order chi connectivity index (χ1) is 19.0. The van der Waals surface area contributed by atoms with E-state index in [1.54, 1.807) is 29.2 Å². The molecule has 1 N–H and O–H groups in total. The van der Waals surface area contributed by atoms with Gasteiger partial charge in [-0.15, -0.1) is 0 Å². The molecule has 1 unspecified atom stereocenters. The summed E-state index contributed by atoms with van der Waals surface area (Å²) in [6.07, 6.45) is 4.11. The Kier molecular flexibility index (Phi) is 10.4. The molecular formula is C31H40N2O6. The number of unbranched alkanes of at least 4 members (excludes halogenated alkanes) is 2. The number of ketones is 1. The Balaban J connectivity index is 1.63. The minimum Gasteiger partial charge on any atom is -0.507 e. The third-order valence-corrected chi connectivity index (χ3v) is 7.11. The molecule has 8 heteroatoms. The van der Waals surface area contributed by atoms with Crippen molar-refractivity contribution in [1.82, 2.24) is 9.80 Å². The lowest BCUT2D eigenvalue weighted by Crippen LogP contribution is -2.42. The number of likely N-dealkylation sites (tertiary alicyclic amines) is 1. The van der Waals surface area contributed by atoms with E-state index in [-0.39, 0.29) is 11.3 Å². The zero-order valence-electron chi connectivity index (χ0n) is 23.1. The Hall–Kier alpha value is -3.36. The molecule has 1 atom stereocenters. The number of Topliss-reactive ketones (excluding diaryl/α,β-unsaturated/α-hetero) is 1. The third-order valence-electron chi connectivity index (χ3n) is 7.11. The highest BCUT2D eigenvalue weighted by atomic mass is 16.5. The lowest BCUT2D eigenvalue weighted by molar-refractivity contribution is -0.140. The first-order valence-electron chi connectivity index (χ1n) is 14.1. The van der Waals surface area contributed by atoms with Gasteiger partial charge in [0.25, 0.3) is 11.7 Å². The molecular weight excluding hydrogens is 496 g/mol. The van der Waals surface area contributed by atoms with E-state index in [0.29, 0.717) is 50.8 Å². The highest BCUT2D eigenvalue weighted by Crippen LogP contribution is 2.40. The zero-order valence-corrected chi connectivity index (χ0v) is 23.1. The molecule has 1 amide bonds. The monoisotopic (exact) mass is 536 g/mol. The molecule has 2 aromatic carbocycles. The van der Waals surface area contributed by atoms with E-state index in [1.165, 1.54) is 0 Å². The van der Waals surface area contributed by atoms with E-state index in [9.17, 15) is 14.7 Å². The molecule has 0 aliphatic carbocycles. The molecule has 2 aliphatic rings. The maximum atomic E-state index is 13.4. The highest BCUT2D eigenvalue weighted by Gasteiger charge is 2.46. The summed E-state index contributed by atoms with van der Waals surface area (Å²) < 4.78 is 17.0. The minimum atomic E-state index is -0.698. The number of aliphatic hydroxyl groups is 1. The molecule has 2 heterocycles. The van der Waals surface area contributed by atoms with E-state index in [4.69, 9.17) is 14.2 Å². The molecule has 210 valence electrons. The quantitative estimate of drug-likeness (QED) is 0.170. The fourth-order valence-corrected chi connectivity index (χ4v) is 4.90. The summed E-state index contributed by atoms with van der Waals surface area (Å²) in [5, 5.41) is 11.4. The minimum absolute atomic E-state index is 0.0980. The Bertz CT molecular complexity index is 1120. The fraction of sp³-hybridized carbons (Fsp3) is 0.484. The third kappa shape index (κ3) is 7.19. The number of carbonyl (C=O) groups excluding carboxylic acids is 2. The van der Waals surface area contributed by atoms with Crippen LogP contribution in [0.15, 0.2) is 54.1 Å². The van der Waals surface area contributed by atoms with Crippen LogP contribution in [-0.2, 0) is 14.3 Å². The number of morpholine rings is 1. The largest absolute Gasteiger partial charge is 0.507 e. The van der Waals surface area contributed by atoms with Gasteiger partial charge in [0.1, 0.15) is 17.3 Å². The van der Waals surface area contributed by atoms with Gasteiger partial charge < -0.3 is 24.2 Å². The summed E-state index contributed by atoms with van der Waals surface area (Å²) in [6.45, 7) is 9.28. The Labute approximate surface area is 231 Å². The topological polar surface area (TPSA) is 88.5 Å². The second-order valence-electron chi connectivity index (χ2n) is 9.94. The lowest BCUT2D eigenvalue weighted by atomic mass is 9.95. The molecule has 0 bridgehead atoms. The van der Waals surface area contributed by atoms with Crippen molar-refractivity contribution in [3.05, 3.63) is 65.2 Å². The lowest BCUT2D eigenvalue weighted by Gasteiger charge is -2.31. The van der Waals surface area contributed by atoms with Crippen molar-refractivity contribution in [2.24, 2.45) is 0 Å². The molecule has 39 heavy (non-hydrogen) atoms. The number of hydrogen-bond acceptors (Lipinski definition) is 7. The number of rotatable bonds is 13. The zero-order chi connectivity index (χ0) is 27.6. The number of carbonyl (C=O) groups is 2. The van der Waals surface area contributed by atoms with Gasteiger partial charge in [-0.1, -0.05) is 38.8 Å². The van der Waals surface area contributed by atoms with E-state index in [0.717, 1.165) is 50.1 Å². The summed E-state index contributed by atoms with van der Waals surface area (Å²) >= 11 is 0. The average molecular weight is 537 g/mol. The van der Waals surface area contributed by atoms with Crippen LogP contribution in [0.25, 0.3) is 5.76 Å². The van der Waals surface area contributed by atoms with Crippen LogP contribution in [0.2, 0.25) is 0 Å². The Morgan fingerprint density at radius 3 is 2.15 bits per heavy atom. The van der Waals surface area contributed by atoms with Crippen LogP contribution in [0.4, 0.5) is 0 Å². The van der Waals surface area contributed by atoms with Crippen LogP contribution in [-0.4, -0.2) is 79.2 Å². The van der Waals surface area contributed by atoms with Crippen LogP contribution < -0.4 is 9.47 Å². The maximum Gasteiger partial charge on any atom is 0.295 e. The first-order valence-corrected chi connectivity index (χ1v) is 14.1. The number of benzene rings is 2. The number of aliphatic hydroxyl groups excluding tert-OH is 1. The van der Waals surface area contributed by atoms with E-state index < -0.39 is 17.7 Å². The van der Waals surface area contributed by atoms with Gasteiger partial charge in [-0.05, 0) is 54.8 Å². The molecule has 2 fully saturated rings. The van der Waals surface area contributed by atoms with Gasteiger partial charge >= 0.3 is 0 Å². The van der Waals surface area contributed by atoms with Crippen molar-refractivity contribution in [1.29, 1.82) is 0 Å². The summed E-state index contributed by atoms with van der Waals surface area (Å²) in [7, 11) is 0. The molecule has 2 saturated heterocycles. The summed E-state index contributed by atoms with van der Waals surface area (Å²) in [5.74, 6) is -0.0364. The summed E-state index contributed by atoms with van der Waals surface area (Å²) in [4.78, 5) is 30.5. The van der Waals surface area contributed by atoms with E-state index >= 15 is 0 Å². The van der Waals surface area contributed by atoms with Crippen LogP contribution in [0, 0.1) is 0 Å². The standard InChI is InChI=1S/C31H40N2O6/c1-3-5-6-20-39-26-11-7-23(8-12-26)28-27(29(34)24-9-13-25(14-10-24)38-19-4-2)30(35)31(36)33(28)16-15-32-17-21-37-22-18-32/h7-14,28,34H,3-6,15-22H2,1-2H3/b29-27+. The number of ether oxygens (including phenoxy) is 3. The molecule has 2 aliphatic heterocycles. The van der Waals surface area contributed by atoms with Gasteiger partial charge in [0.15, 0.2) is 0 Å². The average Bonchev–Trinajstić information content (AvgIpc) is 3.23. The van der Waals surface area contributed by atoms with Crippen molar-refractivity contribution in [3.8, 4) is 11.5 Å². The normalized spacial score (nSPS) is 19.4. The van der Waals surface area contributed by atoms with Crippen LogP contribution in [0.1, 0.15) is 56.7 Å². The highest BCUT2D eigenvalue weighted by molar-refractivity contribution is 6.46. The van der Waals surface area contributed by atoms with Crippen molar-refractivity contribution >= 4 is 17.4 Å².